The fourth-order valence-corrected chi connectivity index (χ4v) is 1.06. The molecule has 0 radical (unpaired) electrons. The van der Waals surface area contributed by atoms with E-state index in [-0.39, 0.29) is 18.4 Å². The van der Waals surface area contributed by atoms with Crippen molar-refractivity contribution in [3.8, 4) is 0 Å². The molecule has 0 aliphatic carbocycles. The molecule has 0 spiro atoms. The molecule has 0 aromatic rings. The first-order valence-electron chi connectivity index (χ1n) is 5.58. The monoisotopic (exact) mass is 227 g/mol. The number of hydroxylamine groups is 1. The maximum absolute atomic E-state index is 11.1. The average molecular weight is 227 g/mol. The Bertz CT molecular complexity index is 255. The summed E-state index contributed by atoms with van der Waals surface area (Å²) >= 11 is 0. The molecule has 4 nitrogen and oxygen atoms in total. The van der Waals surface area contributed by atoms with Crippen LogP contribution < -0.4 is 5.48 Å². The number of esters is 1. The van der Waals surface area contributed by atoms with E-state index < -0.39 is 0 Å². The molecule has 0 saturated carbocycles. The van der Waals surface area contributed by atoms with Gasteiger partial charge in [0, 0.05) is 6.42 Å². The highest BCUT2D eigenvalue weighted by molar-refractivity contribution is 5.69. The number of carbonyl (C=O) groups is 1. The molecule has 16 heavy (non-hydrogen) atoms. The van der Waals surface area contributed by atoms with Crippen molar-refractivity contribution >= 4 is 5.97 Å². The summed E-state index contributed by atoms with van der Waals surface area (Å²) in [6, 6.07) is -0.264. The molecule has 0 fully saturated rings. The molecule has 0 aliphatic heterocycles. The van der Waals surface area contributed by atoms with Gasteiger partial charge in [0.15, 0.2) is 0 Å². The maximum atomic E-state index is 11.1. The summed E-state index contributed by atoms with van der Waals surface area (Å²) in [5.74, 6) is 0.171. The second kappa shape index (κ2) is 9.16. The number of hydrogen-bond donors (Lipinski definition) is 2. The molecule has 1 unspecified atom stereocenters. The smallest absolute Gasteiger partial charge is 0.305 e. The molecule has 0 aromatic heterocycles. The topological polar surface area (TPSA) is 58.6 Å². The van der Waals surface area contributed by atoms with E-state index in [4.69, 9.17) is 9.94 Å². The third kappa shape index (κ3) is 8.24. The molecule has 0 aliphatic rings. The number of hydrogen-bond acceptors (Lipinski definition) is 4. The van der Waals surface area contributed by atoms with Gasteiger partial charge in [-0.25, -0.2) is 0 Å². The highest BCUT2D eigenvalue weighted by Crippen LogP contribution is 2.00. The zero-order valence-corrected chi connectivity index (χ0v) is 10.2. The van der Waals surface area contributed by atoms with Gasteiger partial charge in [0.25, 0.3) is 0 Å². The van der Waals surface area contributed by atoms with Gasteiger partial charge >= 0.3 is 5.97 Å². The van der Waals surface area contributed by atoms with E-state index in [0.717, 1.165) is 0 Å². The van der Waals surface area contributed by atoms with Crippen LogP contribution in [0.4, 0.5) is 0 Å². The lowest BCUT2D eigenvalue weighted by Crippen LogP contribution is -2.24. The van der Waals surface area contributed by atoms with Crippen LogP contribution in [0.25, 0.3) is 0 Å². The molecule has 0 aromatic carbocycles. The highest BCUT2D eigenvalue weighted by atomic mass is 16.5. The van der Waals surface area contributed by atoms with Gasteiger partial charge in [0.1, 0.15) is 0 Å². The number of carbonyl (C=O) groups excluding carboxylic acids is 1. The lowest BCUT2D eigenvalue weighted by Gasteiger charge is -2.08. The van der Waals surface area contributed by atoms with Gasteiger partial charge in [-0.05, 0) is 31.4 Å². The van der Waals surface area contributed by atoms with Crippen LogP contribution in [0.5, 0.6) is 0 Å². The predicted octanol–water partition coefficient (Wildman–Crippen LogP) is 2.04. The first-order chi connectivity index (χ1) is 7.60. The summed E-state index contributed by atoms with van der Waals surface area (Å²) in [7, 11) is 0. The Labute approximate surface area is 96.9 Å². The molecular formula is C12H21NO3. The predicted molar refractivity (Wildman–Crippen MR) is 62.1 cm³/mol. The Morgan fingerprint density at radius 1 is 1.50 bits per heavy atom. The molecule has 4 heteroatoms. The Balaban J connectivity index is 4.01. The molecule has 2 N–H and O–H groups in total. The van der Waals surface area contributed by atoms with Crippen LogP contribution in [0.3, 0.4) is 0 Å². The van der Waals surface area contributed by atoms with Crippen molar-refractivity contribution in [1.82, 2.24) is 5.48 Å². The Morgan fingerprint density at radius 2 is 2.19 bits per heavy atom. The van der Waals surface area contributed by atoms with E-state index in [2.05, 4.69) is 11.2 Å². The number of ether oxygens (including phenoxy) is 1. The van der Waals surface area contributed by atoms with Crippen LogP contribution in [-0.2, 0) is 9.53 Å². The van der Waals surface area contributed by atoms with E-state index in [1.54, 1.807) is 13.0 Å². The first-order valence-corrected chi connectivity index (χ1v) is 5.58. The summed E-state index contributed by atoms with van der Waals surface area (Å²) < 4.78 is 4.79. The molecule has 92 valence electrons. The molecule has 0 rings (SSSR count). The van der Waals surface area contributed by atoms with Gasteiger partial charge in [-0.3, -0.25) is 4.79 Å². The van der Waals surface area contributed by atoms with Gasteiger partial charge in [-0.2, -0.15) is 5.48 Å². The van der Waals surface area contributed by atoms with E-state index >= 15 is 0 Å². The first kappa shape index (κ1) is 14.9. The van der Waals surface area contributed by atoms with Crippen LogP contribution in [0, 0.1) is 5.92 Å². The largest absolute Gasteiger partial charge is 0.466 e. The maximum Gasteiger partial charge on any atom is 0.305 e. The van der Waals surface area contributed by atoms with Gasteiger partial charge in [0.2, 0.25) is 0 Å². The van der Waals surface area contributed by atoms with Crippen molar-refractivity contribution in [3.63, 3.8) is 0 Å². The second-order valence-electron chi connectivity index (χ2n) is 3.82. The summed E-state index contributed by atoms with van der Waals surface area (Å²) in [4.78, 5) is 11.1. The Hall–Kier alpha value is -1.09. The molecule has 0 saturated heterocycles. The van der Waals surface area contributed by atoms with Crippen molar-refractivity contribution in [3.05, 3.63) is 17.9 Å². The van der Waals surface area contributed by atoms with E-state index in [1.807, 2.05) is 19.9 Å². The quantitative estimate of drug-likeness (QED) is 0.397. The summed E-state index contributed by atoms with van der Waals surface area (Å²) in [6.45, 7) is 6.24. The normalized spacial score (nSPS) is 11.8. The highest BCUT2D eigenvalue weighted by Gasteiger charge is 2.07. The van der Waals surface area contributed by atoms with Crippen molar-refractivity contribution in [2.45, 2.75) is 39.7 Å². The lowest BCUT2D eigenvalue weighted by molar-refractivity contribution is -0.143. The van der Waals surface area contributed by atoms with Crippen LogP contribution in [0.2, 0.25) is 0 Å². The third-order valence-electron chi connectivity index (χ3n) is 1.86. The van der Waals surface area contributed by atoms with E-state index in [0.29, 0.717) is 18.9 Å². The summed E-state index contributed by atoms with van der Waals surface area (Å²) in [6.07, 6.45) is 4.38. The van der Waals surface area contributed by atoms with Gasteiger partial charge in [-0.15, -0.1) is 5.73 Å². The Morgan fingerprint density at radius 3 is 2.69 bits per heavy atom. The molecule has 0 amide bonds. The minimum absolute atomic E-state index is 0.246. The van der Waals surface area contributed by atoms with Crippen molar-refractivity contribution < 1.29 is 14.7 Å². The number of nitrogens with one attached hydrogen (secondary N) is 1. The second-order valence-corrected chi connectivity index (χ2v) is 3.82. The summed E-state index contributed by atoms with van der Waals surface area (Å²) in [5, 5.41) is 8.85. The van der Waals surface area contributed by atoms with Crippen LogP contribution in [-0.4, -0.2) is 23.8 Å². The van der Waals surface area contributed by atoms with Gasteiger partial charge in [-0.1, -0.05) is 13.8 Å². The molecule has 1 atom stereocenters. The van der Waals surface area contributed by atoms with Crippen LogP contribution in [0.1, 0.15) is 33.6 Å². The lowest BCUT2D eigenvalue weighted by atomic mass is 10.1. The zero-order chi connectivity index (χ0) is 12.4. The molecule has 0 heterocycles. The Kier molecular flexibility index (Phi) is 8.53. The van der Waals surface area contributed by atoms with E-state index in [1.165, 1.54) is 0 Å². The van der Waals surface area contributed by atoms with Gasteiger partial charge in [0.05, 0.1) is 12.6 Å². The van der Waals surface area contributed by atoms with Crippen LogP contribution >= 0.6 is 0 Å². The minimum Gasteiger partial charge on any atom is -0.466 e. The van der Waals surface area contributed by atoms with Crippen molar-refractivity contribution in [1.29, 1.82) is 0 Å². The fraction of sp³-hybridized carbons (Fsp3) is 0.667. The molecule has 0 bridgehead atoms. The standard InChI is InChI=1S/C12H21NO3/c1-4-16-12(14)9-8-11(13-15)7-5-6-10(2)3/h6-7,10-11,13,15H,4,8-9H2,1-3H3. The van der Waals surface area contributed by atoms with Crippen LogP contribution in [0.15, 0.2) is 17.9 Å². The third-order valence-corrected chi connectivity index (χ3v) is 1.86. The number of rotatable bonds is 7. The van der Waals surface area contributed by atoms with E-state index in [9.17, 15) is 4.79 Å². The minimum atomic E-state index is -0.264. The molecular weight excluding hydrogens is 206 g/mol. The fourth-order valence-electron chi connectivity index (χ4n) is 1.06. The summed E-state index contributed by atoms with van der Waals surface area (Å²) in [5.41, 5.74) is 5.09. The SMILES string of the molecule is CCOC(=O)CCC(C=C=CC(C)C)NO. The van der Waals surface area contributed by atoms with Crippen molar-refractivity contribution in [2.75, 3.05) is 6.61 Å². The average Bonchev–Trinajstić information content (AvgIpc) is 2.23. The van der Waals surface area contributed by atoms with Crippen molar-refractivity contribution in [2.24, 2.45) is 5.92 Å². The van der Waals surface area contributed by atoms with Gasteiger partial charge < -0.3 is 9.94 Å². The zero-order valence-electron chi connectivity index (χ0n) is 10.2.